The topological polar surface area (TPSA) is 42.5 Å². The minimum Gasteiger partial charge on any atom is -0.493 e. The molecule has 0 saturated heterocycles. The number of ether oxygens (including phenoxy) is 2. The van der Waals surface area contributed by atoms with Crippen LogP contribution in [0.4, 0.5) is 0 Å². The van der Waals surface area contributed by atoms with Crippen LogP contribution in [0.25, 0.3) is 0 Å². The highest BCUT2D eigenvalue weighted by Gasteiger charge is 2.11. The van der Waals surface area contributed by atoms with E-state index in [9.17, 15) is 0 Å². The number of halogens is 3. The molecular weight excluding hydrogens is 395 g/mol. The molecule has 0 spiro atoms. The van der Waals surface area contributed by atoms with Gasteiger partial charge in [0.25, 0.3) is 0 Å². The van der Waals surface area contributed by atoms with E-state index in [1.165, 1.54) is 0 Å². The molecule has 0 fully saturated rings. The Morgan fingerprint density at radius 3 is 2.42 bits per heavy atom. The smallest absolute Gasteiger partial charge is 0.163 e. The van der Waals surface area contributed by atoms with E-state index in [1.807, 2.05) is 19.2 Å². The Labute approximate surface area is 169 Å². The molecule has 0 amide bonds. The van der Waals surface area contributed by atoms with Gasteiger partial charge in [-0.05, 0) is 55.9 Å². The van der Waals surface area contributed by atoms with Gasteiger partial charge in [0.15, 0.2) is 11.5 Å². The summed E-state index contributed by atoms with van der Waals surface area (Å²) in [5.41, 5.74) is 1.88. The quantitative estimate of drug-likeness (QED) is 0.538. The minimum atomic E-state index is 0.338. The summed E-state index contributed by atoms with van der Waals surface area (Å²) in [5.74, 6) is 1.23. The number of nitrogens with one attached hydrogen (secondary N) is 2. The van der Waals surface area contributed by atoms with Gasteiger partial charge >= 0.3 is 0 Å². The molecule has 0 atom stereocenters. The Bertz CT molecular complexity index is 726. The summed E-state index contributed by atoms with van der Waals surface area (Å²) in [6, 6.07) is 9.07. The minimum absolute atomic E-state index is 0.338. The van der Waals surface area contributed by atoms with Gasteiger partial charge in [-0.15, -0.1) is 0 Å². The van der Waals surface area contributed by atoms with Crippen LogP contribution in [0.3, 0.4) is 0 Å². The maximum Gasteiger partial charge on any atom is 0.163 e. The second kappa shape index (κ2) is 10.9. The third-order valence-corrected chi connectivity index (χ3v) is 4.90. The van der Waals surface area contributed by atoms with Crippen LogP contribution in [0.2, 0.25) is 15.1 Å². The number of rotatable bonds is 10. The number of methoxy groups -OCH3 is 1. The van der Waals surface area contributed by atoms with Crippen molar-refractivity contribution in [3.05, 3.63) is 56.5 Å². The molecule has 7 heteroatoms. The van der Waals surface area contributed by atoms with Crippen molar-refractivity contribution in [3.8, 4) is 11.5 Å². The average molecular weight is 418 g/mol. The lowest BCUT2D eigenvalue weighted by atomic mass is 10.2. The first-order chi connectivity index (χ1) is 12.5. The molecule has 0 aliphatic carbocycles. The second-order valence-electron chi connectivity index (χ2n) is 5.77. The van der Waals surface area contributed by atoms with Crippen molar-refractivity contribution < 1.29 is 9.47 Å². The fourth-order valence-corrected chi connectivity index (χ4v) is 2.93. The molecule has 0 radical (unpaired) electrons. The summed E-state index contributed by atoms with van der Waals surface area (Å²) in [6.45, 7) is 2.90. The lowest BCUT2D eigenvalue weighted by molar-refractivity contribution is 0.284. The maximum atomic E-state index is 6.40. The Kier molecular flexibility index (Phi) is 8.82. The van der Waals surface area contributed by atoms with Crippen molar-refractivity contribution in [2.45, 2.75) is 19.6 Å². The van der Waals surface area contributed by atoms with Crippen LogP contribution in [0.1, 0.15) is 17.5 Å². The van der Waals surface area contributed by atoms with Crippen molar-refractivity contribution in [3.63, 3.8) is 0 Å². The third kappa shape index (κ3) is 6.22. The van der Waals surface area contributed by atoms with E-state index in [0.717, 1.165) is 30.6 Å². The summed E-state index contributed by atoms with van der Waals surface area (Å²) >= 11 is 18.4. The standard InChI is InChI=1S/C19H23Cl3N2O2/c1-23-6-3-7-24-11-14-9-18(25-2)19(10-16(14)21)26-12-13-4-5-15(20)17(22)8-13/h4-5,8-10,23-24H,3,6-7,11-12H2,1-2H3. The summed E-state index contributed by atoms with van der Waals surface area (Å²) in [4.78, 5) is 0. The van der Waals surface area contributed by atoms with Gasteiger partial charge in [-0.2, -0.15) is 0 Å². The molecule has 0 aliphatic heterocycles. The maximum absolute atomic E-state index is 6.40. The van der Waals surface area contributed by atoms with Gasteiger partial charge in [0.1, 0.15) is 6.61 Å². The van der Waals surface area contributed by atoms with E-state index in [1.54, 1.807) is 25.3 Å². The lowest BCUT2D eigenvalue weighted by Crippen LogP contribution is -2.19. The predicted molar refractivity (Wildman–Crippen MR) is 109 cm³/mol. The van der Waals surface area contributed by atoms with Gasteiger partial charge < -0.3 is 20.1 Å². The normalized spacial score (nSPS) is 10.8. The first-order valence-electron chi connectivity index (χ1n) is 8.33. The number of benzene rings is 2. The molecule has 2 rings (SSSR count). The van der Waals surface area contributed by atoms with Gasteiger partial charge in [0.05, 0.1) is 17.2 Å². The van der Waals surface area contributed by atoms with E-state index >= 15 is 0 Å². The highest BCUT2D eigenvalue weighted by atomic mass is 35.5. The monoisotopic (exact) mass is 416 g/mol. The van der Waals surface area contributed by atoms with E-state index in [4.69, 9.17) is 44.3 Å². The molecule has 0 heterocycles. The molecular formula is C19H23Cl3N2O2. The number of hydrogen-bond acceptors (Lipinski definition) is 4. The highest BCUT2D eigenvalue weighted by Crippen LogP contribution is 2.34. The Morgan fingerprint density at radius 2 is 1.73 bits per heavy atom. The van der Waals surface area contributed by atoms with E-state index in [0.29, 0.717) is 39.7 Å². The fourth-order valence-electron chi connectivity index (χ4n) is 2.39. The zero-order valence-electron chi connectivity index (χ0n) is 14.9. The molecule has 0 unspecified atom stereocenters. The van der Waals surface area contributed by atoms with Crippen LogP contribution in [0.15, 0.2) is 30.3 Å². The van der Waals surface area contributed by atoms with E-state index in [2.05, 4.69) is 10.6 Å². The molecule has 0 aliphatic rings. The molecule has 2 aromatic carbocycles. The van der Waals surface area contributed by atoms with Gasteiger partial charge in [0.2, 0.25) is 0 Å². The molecule has 0 aromatic heterocycles. The van der Waals surface area contributed by atoms with Crippen LogP contribution in [-0.2, 0) is 13.2 Å². The molecule has 2 N–H and O–H groups in total. The van der Waals surface area contributed by atoms with Gasteiger partial charge in [0, 0.05) is 17.6 Å². The van der Waals surface area contributed by atoms with Crippen molar-refractivity contribution in [2.75, 3.05) is 27.2 Å². The number of hydrogen-bond donors (Lipinski definition) is 2. The average Bonchev–Trinajstić information content (AvgIpc) is 2.63. The van der Waals surface area contributed by atoms with Gasteiger partial charge in [-0.25, -0.2) is 0 Å². The van der Waals surface area contributed by atoms with Crippen LogP contribution >= 0.6 is 34.8 Å². The largest absolute Gasteiger partial charge is 0.493 e. The van der Waals surface area contributed by atoms with Crippen molar-refractivity contribution in [1.29, 1.82) is 0 Å². The molecule has 142 valence electrons. The molecule has 0 bridgehead atoms. The summed E-state index contributed by atoms with van der Waals surface area (Å²) in [5, 5.41) is 8.14. The molecule has 26 heavy (non-hydrogen) atoms. The third-order valence-electron chi connectivity index (χ3n) is 3.81. The summed E-state index contributed by atoms with van der Waals surface area (Å²) in [7, 11) is 3.55. The zero-order chi connectivity index (χ0) is 18.9. The van der Waals surface area contributed by atoms with Crippen LogP contribution in [0.5, 0.6) is 11.5 Å². The van der Waals surface area contributed by atoms with Crippen molar-refractivity contribution >= 4 is 34.8 Å². The van der Waals surface area contributed by atoms with Gasteiger partial charge in [-0.3, -0.25) is 0 Å². The Balaban J connectivity index is 2.01. The second-order valence-corrected chi connectivity index (χ2v) is 6.99. The van der Waals surface area contributed by atoms with E-state index in [-0.39, 0.29) is 0 Å². The van der Waals surface area contributed by atoms with Crippen LogP contribution in [0, 0.1) is 0 Å². The molecule has 4 nitrogen and oxygen atoms in total. The fraction of sp³-hybridized carbons (Fsp3) is 0.368. The SMILES string of the molecule is CNCCCNCc1cc(OC)c(OCc2ccc(Cl)c(Cl)c2)cc1Cl. The van der Waals surface area contributed by atoms with Crippen LogP contribution < -0.4 is 20.1 Å². The Hall–Kier alpha value is -1.17. The first kappa shape index (κ1) is 21.1. The molecule has 2 aromatic rings. The van der Waals surface area contributed by atoms with Gasteiger partial charge in [-0.1, -0.05) is 40.9 Å². The van der Waals surface area contributed by atoms with Crippen LogP contribution in [-0.4, -0.2) is 27.2 Å². The first-order valence-corrected chi connectivity index (χ1v) is 9.47. The highest BCUT2D eigenvalue weighted by molar-refractivity contribution is 6.42. The van der Waals surface area contributed by atoms with E-state index < -0.39 is 0 Å². The van der Waals surface area contributed by atoms with Crippen molar-refractivity contribution in [1.82, 2.24) is 10.6 Å². The summed E-state index contributed by atoms with van der Waals surface area (Å²) in [6.07, 6.45) is 1.05. The Morgan fingerprint density at radius 1 is 0.923 bits per heavy atom. The molecule has 0 saturated carbocycles. The lowest BCUT2D eigenvalue weighted by Gasteiger charge is -2.14. The predicted octanol–water partition coefficient (Wildman–Crippen LogP) is 4.93. The zero-order valence-corrected chi connectivity index (χ0v) is 17.1. The summed E-state index contributed by atoms with van der Waals surface area (Å²) < 4.78 is 11.3. The van der Waals surface area contributed by atoms with Crippen molar-refractivity contribution in [2.24, 2.45) is 0 Å².